The molecule has 0 fully saturated rings. The van der Waals surface area contributed by atoms with Gasteiger partial charge in [-0.1, -0.05) is 6.92 Å². The van der Waals surface area contributed by atoms with Crippen LogP contribution < -0.4 is 10.1 Å². The van der Waals surface area contributed by atoms with Gasteiger partial charge in [0.2, 0.25) is 0 Å². The second-order valence-corrected chi connectivity index (χ2v) is 4.41. The smallest absolute Gasteiger partial charge is 0.133 e. The molecule has 0 aromatic heterocycles. The fraction of sp³-hybridized carbons (Fsp3) is 0.500. The van der Waals surface area contributed by atoms with Crippen molar-refractivity contribution in [1.29, 1.82) is 0 Å². The summed E-state index contributed by atoms with van der Waals surface area (Å²) in [4.78, 5) is 0. The van der Waals surface area contributed by atoms with Gasteiger partial charge >= 0.3 is 0 Å². The summed E-state index contributed by atoms with van der Waals surface area (Å²) in [7, 11) is 3.38. The van der Waals surface area contributed by atoms with Crippen LogP contribution in [0.4, 0.5) is 5.69 Å². The summed E-state index contributed by atoms with van der Waals surface area (Å²) in [5.41, 5.74) is 1.07. The first kappa shape index (κ1) is 13.3. The van der Waals surface area contributed by atoms with E-state index in [2.05, 4.69) is 28.2 Å². The number of rotatable bonds is 6. The standard InChI is InChI=1S/C12H18BrNO2/c1-4-9(8-15-2)14-10-5-6-12(16-3)11(13)7-10/h5-7,9,14H,4,8H2,1-3H3. The summed E-state index contributed by atoms with van der Waals surface area (Å²) in [5, 5.41) is 3.41. The van der Waals surface area contributed by atoms with Gasteiger partial charge in [-0.15, -0.1) is 0 Å². The third-order valence-electron chi connectivity index (χ3n) is 2.38. The average Bonchev–Trinajstić information content (AvgIpc) is 2.28. The number of hydrogen-bond acceptors (Lipinski definition) is 3. The number of anilines is 1. The van der Waals surface area contributed by atoms with Crippen LogP contribution in [-0.4, -0.2) is 26.9 Å². The maximum absolute atomic E-state index is 5.18. The predicted molar refractivity (Wildman–Crippen MR) is 70.3 cm³/mol. The lowest BCUT2D eigenvalue weighted by atomic mass is 10.2. The Labute approximate surface area is 105 Å². The first-order chi connectivity index (χ1) is 7.71. The SMILES string of the molecule is CCC(COC)Nc1ccc(OC)c(Br)c1. The number of benzene rings is 1. The molecule has 0 radical (unpaired) electrons. The lowest BCUT2D eigenvalue weighted by molar-refractivity contribution is 0.184. The van der Waals surface area contributed by atoms with Crippen molar-refractivity contribution in [1.82, 2.24) is 0 Å². The van der Waals surface area contributed by atoms with Crippen LogP contribution in [0, 0.1) is 0 Å². The summed E-state index contributed by atoms with van der Waals surface area (Å²) < 4.78 is 11.3. The highest BCUT2D eigenvalue weighted by molar-refractivity contribution is 9.10. The van der Waals surface area contributed by atoms with Crippen LogP contribution in [-0.2, 0) is 4.74 Å². The van der Waals surface area contributed by atoms with Crippen molar-refractivity contribution >= 4 is 21.6 Å². The molecule has 1 atom stereocenters. The Morgan fingerprint density at radius 2 is 2.12 bits per heavy atom. The molecule has 0 saturated carbocycles. The van der Waals surface area contributed by atoms with Crippen LogP contribution in [0.5, 0.6) is 5.75 Å². The van der Waals surface area contributed by atoms with Crippen molar-refractivity contribution < 1.29 is 9.47 Å². The van der Waals surface area contributed by atoms with E-state index in [4.69, 9.17) is 9.47 Å². The lowest BCUT2D eigenvalue weighted by Crippen LogP contribution is -2.23. The van der Waals surface area contributed by atoms with E-state index in [0.717, 1.165) is 22.3 Å². The zero-order chi connectivity index (χ0) is 12.0. The van der Waals surface area contributed by atoms with Gasteiger partial charge in [0.05, 0.1) is 18.2 Å². The lowest BCUT2D eigenvalue weighted by Gasteiger charge is -2.17. The van der Waals surface area contributed by atoms with E-state index < -0.39 is 0 Å². The zero-order valence-corrected chi connectivity index (χ0v) is 11.5. The van der Waals surface area contributed by atoms with Crippen molar-refractivity contribution in [3.05, 3.63) is 22.7 Å². The van der Waals surface area contributed by atoms with E-state index in [1.165, 1.54) is 0 Å². The highest BCUT2D eigenvalue weighted by Gasteiger charge is 2.07. The maximum Gasteiger partial charge on any atom is 0.133 e. The molecule has 3 nitrogen and oxygen atoms in total. The second-order valence-electron chi connectivity index (χ2n) is 3.55. The van der Waals surface area contributed by atoms with Crippen molar-refractivity contribution in [2.24, 2.45) is 0 Å². The van der Waals surface area contributed by atoms with E-state index in [1.807, 2.05) is 18.2 Å². The first-order valence-corrected chi connectivity index (χ1v) is 6.09. The molecule has 0 bridgehead atoms. The Morgan fingerprint density at radius 3 is 2.62 bits per heavy atom. The Bertz CT molecular complexity index is 331. The van der Waals surface area contributed by atoms with Gasteiger partial charge in [0.25, 0.3) is 0 Å². The number of ether oxygens (including phenoxy) is 2. The molecular formula is C12H18BrNO2. The van der Waals surface area contributed by atoms with Crippen molar-refractivity contribution in [3.8, 4) is 5.75 Å². The first-order valence-electron chi connectivity index (χ1n) is 5.30. The third-order valence-corrected chi connectivity index (χ3v) is 3.00. The van der Waals surface area contributed by atoms with Crippen molar-refractivity contribution in [2.45, 2.75) is 19.4 Å². The molecule has 1 aromatic carbocycles. The monoisotopic (exact) mass is 287 g/mol. The topological polar surface area (TPSA) is 30.5 Å². The Kier molecular flexibility index (Phi) is 5.63. The van der Waals surface area contributed by atoms with Gasteiger partial charge < -0.3 is 14.8 Å². The van der Waals surface area contributed by atoms with Gasteiger partial charge in [0.15, 0.2) is 0 Å². The quantitative estimate of drug-likeness (QED) is 0.871. The van der Waals surface area contributed by atoms with E-state index in [0.29, 0.717) is 12.6 Å². The van der Waals surface area contributed by atoms with Crippen LogP contribution in [0.3, 0.4) is 0 Å². The van der Waals surface area contributed by atoms with Crippen LogP contribution in [0.15, 0.2) is 22.7 Å². The zero-order valence-electron chi connectivity index (χ0n) is 9.92. The van der Waals surface area contributed by atoms with Gasteiger partial charge in [-0.25, -0.2) is 0 Å². The molecule has 0 spiro atoms. The van der Waals surface area contributed by atoms with Crippen LogP contribution in [0.2, 0.25) is 0 Å². The molecular weight excluding hydrogens is 270 g/mol. The van der Waals surface area contributed by atoms with Gasteiger partial charge in [0, 0.05) is 18.8 Å². The molecule has 0 aliphatic heterocycles. The molecule has 0 heterocycles. The maximum atomic E-state index is 5.18. The minimum atomic E-state index is 0.338. The Hall–Kier alpha value is -0.740. The van der Waals surface area contributed by atoms with Crippen LogP contribution in [0.1, 0.15) is 13.3 Å². The second kappa shape index (κ2) is 6.76. The largest absolute Gasteiger partial charge is 0.496 e. The molecule has 0 saturated heterocycles. The molecule has 16 heavy (non-hydrogen) atoms. The van der Waals surface area contributed by atoms with E-state index >= 15 is 0 Å². The molecule has 1 aromatic rings. The summed E-state index contributed by atoms with van der Waals surface area (Å²) in [6, 6.07) is 6.29. The molecule has 90 valence electrons. The van der Waals surface area contributed by atoms with Crippen molar-refractivity contribution in [3.63, 3.8) is 0 Å². The summed E-state index contributed by atoms with van der Waals surface area (Å²) in [6.07, 6.45) is 1.03. The van der Waals surface area contributed by atoms with E-state index in [9.17, 15) is 0 Å². The number of methoxy groups -OCH3 is 2. The molecule has 4 heteroatoms. The van der Waals surface area contributed by atoms with Crippen LogP contribution in [0.25, 0.3) is 0 Å². The predicted octanol–water partition coefficient (Wildman–Crippen LogP) is 3.29. The molecule has 1 unspecified atom stereocenters. The normalized spacial score (nSPS) is 12.2. The van der Waals surface area contributed by atoms with Gasteiger partial charge in [-0.05, 0) is 40.5 Å². The highest BCUT2D eigenvalue weighted by atomic mass is 79.9. The van der Waals surface area contributed by atoms with E-state index in [1.54, 1.807) is 14.2 Å². The molecule has 1 N–H and O–H groups in total. The third kappa shape index (κ3) is 3.68. The summed E-state index contributed by atoms with van der Waals surface area (Å²) >= 11 is 3.46. The average molecular weight is 288 g/mol. The number of halogens is 1. The number of hydrogen-bond donors (Lipinski definition) is 1. The molecule has 1 rings (SSSR count). The van der Waals surface area contributed by atoms with E-state index in [-0.39, 0.29) is 0 Å². The summed E-state index contributed by atoms with van der Waals surface area (Å²) in [5.74, 6) is 0.838. The molecule has 0 aliphatic rings. The van der Waals surface area contributed by atoms with Gasteiger partial charge in [-0.3, -0.25) is 0 Å². The fourth-order valence-electron chi connectivity index (χ4n) is 1.45. The van der Waals surface area contributed by atoms with Gasteiger partial charge in [-0.2, -0.15) is 0 Å². The van der Waals surface area contributed by atoms with Crippen molar-refractivity contribution in [2.75, 3.05) is 26.1 Å². The van der Waals surface area contributed by atoms with Gasteiger partial charge in [0.1, 0.15) is 5.75 Å². The Balaban J connectivity index is 2.69. The summed E-state index contributed by atoms with van der Waals surface area (Å²) in [6.45, 7) is 2.84. The number of nitrogens with one attached hydrogen (secondary N) is 1. The minimum Gasteiger partial charge on any atom is -0.496 e. The highest BCUT2D eigenvalue weighted by Crippen LogP contribution is 2.28. The minimum absolute atomic E-state index is 0.338. The molecule has 0 aliphatic carbocycles. The fourth-order valence-corrected chi connectivity index (χ4v) is 2.00. The Morgan fingerprint density at radius 1 is 1.38 bits per heavy atom. The molecule has 0 amide bonds. The van der Waals surface area contributed by atoms with Crippen LogP contribution >= 0.6 is 15.9 Å².